The van der Waals surface area contributed by atoms with Gasteiger partial charge in [-0.25, -0.2) is 18.5 Å². The second-order valence-corrected chi connectivity index (χ2v) is 10.6. The molecule has 7 nitrogen and oxygen atoms in total. The van der Waals surface area contributed by atoms with Gasteiger partial charge in [-0.1, -0.05) is 29.0 Å². The van der Waals surface area contributed by atoms with Crippen molar-refractivity contribution >= 4 is 56.1 Å². The summed E-state index contributed by atoms with van der Waals surface area (Å²) in [4.78, 5) is 5.21. The first-order valence-electron chi connectivity index (χ1n) is 7.33. The number of aromatic nitrogens is 4. The molecule has 138 valence electrons. The van der Waals surface area contributed by atoms with Crippen LogP contribution in [0.25, 0.3) is 16.4 Å². The molecule has 4 aromatic rings. The summed E-state index contributed by atoms with van der Waals surface area (Å²) in [5.74, 6) is 0.651. The van der Waals surface area contributed by atoms with Gasteiger partial charge >= 0.3 is 0 Å². The van der Waals surface area contributed by atoms with Crippen molar-refractivity contribution in [1.82, 2.24) is 19.7 Å². The van der Waals surface area contributed by atoms with Crippen molar-refractivity contribution in [3.05, 3.63) is 52.3 Å². The molecule has 12 heteroatoms. The maximum atomic E-state index is 11.5. The molecule has 0 bridgehead atoms. The Morgan fingerprint density at radius 2 is 1.93 bits per heavy atom. The number of halogens is 1. The van der Waals surface area contributed by atoms with E-state index in [0.29, 0.717) is 21.0 Å². The predicted molar refractivity (Wildman–Crippen MR) is 107 cm³/mol. The van der Waals surface area contributed by atoms with Crippen LogP contribution >= 0.6 is 46.0 Å². The number of hydrogen-bond donors (Lipinski definition) is 1. The van der Waals surface area contributed by atoms with Crippen molar-refractivity contribution in [3.8, 4) is 16.4 Å². The molecule has 1 aromatic carbocycles. The molecular formula is C15H10ClN5O2S4. The van der Waals surface area contributed by atoms with Crippen molar-refractivity contribution < 1.29 is 8.42 Å². The third-order valence-corrected chi connectivity index (χ3v) is 7.36. The molecule has 0 aliphatic rings. The minimum atomic E-state index is -3.76. The zero-order valence-electron chi connectivity index (χ0n) is 13.3. The second-order valence-electron chi connectivity index (χ2n) is 5.19. The maximum Gasteiger partial charge on any atom is 0.238 e. The number of nitrogens with two attached hydrogens (primary N) is 1. The average Bonchev–Trinajstić information content (AvgIpc) is 3.35. The van der Waals surface area contributed by atoms with Crippen molar-refractivity contribution in [2.24, 2.45) is 5.14 Å². The molecule has 0 atom stereocenters. The number of thiophene rings is 1. The number of primary sulfonamides is 1. The van der Waals surface area contributed by atoms with Gasteiger partial charge in [-0.15, -0.1) is 21.5 Å². The number of nitrogens with zero attached hydrogens (tertiary/aromatic N) is 4. The summed E-state index contributed by atoms with van der Waals surface area (Å²) in [6.07, 6.45) is 1.58. The third-order valence-electron chi connectivity index (χ3n) is 3.43. The molecule has 0 aliphatic heterocycles. The smallest absolute Gasteiger partial charge is 0.238 e. The van der Waals surface area contributed by atoms with Crippen molar-refractivity contribution in [3.63, 3.8) is 0 Å². The lowest BCUT2D eigenvalue weighted by Crippen LogP contribution is -2.12. The lowest BCUT2D eigenvalue weighted by Gasteiger charge is -2.09. The number of rotatable bonds is 5. The summed E-state index contributed by atoms with van der Waals surface area (Å²) in [7, 11) is -3.76. The summed E-state index contributed by atoms with van der Waals surface area (Å²) in [5, 5.41) is 16.3. The van der Waals surface area contributed by atoms with Gasteiger partial charge in [0.05, 0.1) is 16.0 Å². The molecule has 3 aromatic heterocycles. The van der Waals surface area contributed by atoms with E-state index >= 15 is 0 Å². The van der Waals surface area contributed by atoms with Gasteiger partial charge < -0.3 is 0 Å². The SMILES string of the molecule is NS(=O)(=O)c1ccc(-n2c(Sc3ncc(Cl)s3)nnc2-c2cccs2)cc1. The lowest BCUT2D eigenvalue weighted by atomic mass is 10.3. The highest BCUT2D eigenvalue weighted by Gasteiger charge is 2.19. The van der Waals surface area contributed by atoms with Gasteiger partial charge in [0.2, 0.25) is 15.2 Å². The molecule has 0 fully saturated rings. The standard InChI is InChI=1S/C15H10ClN5O2S4/c16-12-8-18-15(25-12)26-14-20-19-13(11-2-1-7-24-11)21(14)9-3-5-10(6-4-9)27(17,22)23/h1-8H,(H2,17,22,23). The highest BCUT2D eigenvalue weighted by Crippen LogP contribution is 2.36. The minimum absolute atomic E-state index is 0.0397. The summed E-state index contributed by atoms with van der Waals surface area (Å²) < 4.78 is 26.2. The Hall–Kier alpha value is -1.76. The molecule has 2 N–H and O–H groups in total. The van der Waals surface area contributed by atoms with Gasteiger partial charge in [-0.05, 0) is 47.5 Å². The van der Waals surface area contributed by atoms with Crippen LogP contribution in [-0.2, 0) is 10.0 Å². The lowest BCUT2D eigenvalue weighted by molar-refractivity contribution is 0.598. The monoisotopic (exact) mass is 455 g/mol. The predicted octanol–water partition coefficient (Wildman–Crippen LogP) is 3.90. The van der Waals surface area contributed by atoms with E-state index in [2.05, 4.69) is 15.2 Å². The fraction of sp³-hybridized carbons (Fsp3) is 0. The van der Waals surface area contributed by atoms with Gasteiger partial charge in [-0.2, -0.15) is 0 Å². The van der Waals surface area contributed by atoms with Gasteiger partial charge in [0.25, 0.3) is 0 Å². The van der Waals surface area contributed by atoms with E-state index in [1.807, 2.05) is 22.1 Å². The molecule has 0 spiro atoms. The van der Waals surface area contributed by atoms with Gasteiger partial charge in [0, 0.05) is 5.69 Å². The second kappa shape index (κ2) is 7.34. The minimum Gasteiger partial charge on any atom is -0.269 e. The van der Waals surface area contributed by atoms with Crippen LogP contribution in [0, 0.1) is 0 Å². The normalized spacial score (nSPS) is 11.8. The summed E-state index contributed by atoms with van der Waals surface area (Å²) in [5.41, 5.74) is 0.709. The van der Waals surface area contributed by atoms with E-state index in [0.717, 1.165) is 9.22 Å². The Bertz CT molecular complexity index is 1180. The highest BCUT2D eigenvalue weighted by atomic mass is 35.5. The Kier molecular flexibility index (Phi) is 5.05. The highest BCUT2D eigenvalue weighted by molar-refractivity contribution is 8.00. The first-order valence-corrected chi connectivity index (χ1v) is 11.8. The van der Waals surface area contributed by atoms with Crippen molar-refractivity contribution in [1.29, 1.82) is 0 Å². The van der Waals surface area contributed by atoms with Crippen LogP contribution in [0.1, 0.15) is 0 Å². The molecular weight excluding hydrogens is 446 g/mol. The maximum absolute atomic E-state index is 11.5. The molecule has 0 unspecified atom stereocenters. The molecule has 0 radical (unpaired) electrons. The van der Waals surface area contributed by atoms with E-state index in [1.54, 1.807) is 18.3 Å². The zero-order chi connectivity index (χ0) is 19.0. The Labute approximate surface area is 171 Å². The van der Waals surface area contributed by atoms with E-state index in [9.17, 15) is 8.42 Å². The topological polar surface area (TPSA) is 104 Å². The van der Waals surface area contributed by atoms with E-state index in [4.69, 9.17) is 16.7 Å². The zero-order valence-corrected chi connectivity index (χ0v) is 17.3. The average molecular weight is 456 g/mol. The molecule has 0 amide bonds. The van der Waals surface area contributed by atoms with Crippen LogP contribution in [0.4, 0.5) is 0 Å². The summed E-state index contributed by atoms with van der Waals surface area (Å²) in [6, 6.07) is 10.1. The van der Waals surface area contributed by atoms with Gasteiger partial charge in [-0.3, -0.25) is 4.57 Å². The largest absolute Gasteiger partial charge is 0.269 e. The molecule has 0 saturated heterocycles. The number of sulfonamides is 1. The van der Waals surface area contributed by atoms with Crippen LogP contribution in [0.15, 0.2) is 62.4 Å². The summed E-state index contributed by atoms with van der Waals surface area (Å²) >= 11 is 10.2. The Morgan fingerprint density at radius 1 is 1.15 bits per heavy atom. The fourth-order valence-corrected chi connectivity index (χ4v) is 5.57. The third kappa shape index (κ3) is 3.93. The Morgan fingerprint density at radius 3 is 2.52 bits per heavy atom. The van der Waals surface area contributed by atoms with Gasteiger partial charge in [0.15, 0.2) is 10.2 Å². The quantitative estimate of drug-likeness (QED) is 0.489. The van der Waals surface area contributed by atoms with Gasteiger partial charge in [0.1, 0.15) is 4.34 Å². The Balaban J connectivity index is 1.82. The van der Waals surface area contributed by atoms with E-state index < -0.39 is 10.0 Å². The first-order chi connectivity index (χ1) is 12.9. The molecule has 0 saturated carbocycles. The molecule has 0 aliphatic carbocycles. The number of thiazole rings is 1. The fourth-order valence-electron chi connectivity index (χ4n) is 2.28. The number of benzene rings is 1. The van der Waals surface area contributed by atoms with Crippen molar-refractivity contribution in [2.75, 3.05) is 0 Å². The van der Waals surface area contributed by atoms with Crippen LogP contribution in [-0.4, -0.2) is 28.2 Å². The van der Waals surface area contributed by atoms with Crippen LogP contribution < -0.4 is 5.14 Å². The number of hydrogen-bond acceptors (Lipinski definition) is 8. The van der Waals surface area contributed by atoms with E-state index in [-0.39, 0.29) is 4.90 Å². The van der Waals surface area contributed by atoms with Crippen LogP contribution in [0.2, 0.25) is 4.34 Å². The molecule has 4 rings (SSSR count). The van der Waals surface area contributed by atoms with Crippen LogP contribution in [0.3, 0.4) is 0 Å². The summed E-state index contributed by atoms with van der Waals surface area (Å²) in [6.45, 7) is 0. The first kappa shape index (κ1) is 18.6. The molecule has 27 heavy (non-hydrogen) atoms. The van der Waals surface area contributed by atoms with Crippen LogP contribution in [0.5, 0.6) is 0 Å². The van der Waals surface area contributed by atoms with E-state index in [1.165, 1.54) is 46.6 Å². The van der Waals surface area contributed by atoms with Crippen molar-refractivity contribution in [2.45, 2.75) is 14.4 Å². The molecule has 3 heterocycles.